The molecule has 238 valence electrons. The summed E-state index contributed by atoms with van der Waals surface area (Å²) >= 11 is 15.0. The van der Waals surface area contributed by atoms with Crippen LogP contribution in [0.4, 0.5) is 10.8 Å². The van der Waals surface area contributed by atoms with Crippen molar-refractivity contribution >= 4 is 80.9 Å². The Hall–Kier alpha value is -4.61. The van der Waals surface area contributed by atoms with Gasteiger partial charge in [-0.25, -0.2) is 4.98 Å². The minimum absolute atomic E-state index is 0.0662. The summed E-state index contributed by atoms with van der Waals surface area (Å²) < 4.78 is 5.22. The lowest BCUT2D eigenvalue weighted by atomic mass is 10.1. The summed E-state index contributed by atoms with van der Waals surface area (Å²) in [6, 6.07) is 28.0. The maximum absolute atomic E-state index is 13.4. The number of rotatable bonds is 11. The third kappa shape index (κ3) is 9.24. The number of thiazole rings is 1. The minimum Gasteiger partial charge on any atom is -0.497 e. The van der Waals surface area contributed by atoms with Gasteiger partial charge in [-0.05, 0) is 85.3 Å². The molecule has 1 heterocycles. The van der Waals surface area contributed by atoms with E-state index in [0.29, 0.717) is 43.4 Å². The number of methoxy groups -OCH3 is 1. The van der Waals surface area contributed by atoms with E-state index >= 15 is 0 Å². The van der Waals surface area contributed by atoms with Gasteiger partial charge >= 0.3 is 0 Å². The molecule has 3 amide bonds. The lowest BCUT2D eigenvalue weighted by Crippen LogP contribution is -2.30. The van der Waals surface area contributed by atoms with Gasteiger partial charge in [0.25, 0.3) is 11.8 Å². The number of hydrogen-bond donors (Lipinski definition) is 3. The maximum atomic E-state index is 13.4. The summed E-state index contributed by atoms with van der Waals surface area (Å²) in [5, 5.41) is 11.3. The summed E-state index contributed by atoms with van der Waals surface area (Å²) in [4.78, 5) is 44.5. The largest absolute Gasteiger partial charge is 0.497 e. The van der Waals surface area contributed by atoms with Crippen LogP contribution in [0.1, 0.15) is 22.8 Å². The molecular formula is C35H28Cl2N4O4S2. The molecule has 0 bridgehead atoms. The average molecular weight is 704 g/mol. The number of anilines is 2. The Balaban J connectivity index is 1.21. The van der Waals surface area contributed by atoms with Gasteiger partial charge in [-0.3, -0.25) is 14.4 Å². The zero-order valence-corrected chi connectivity index (χ0v) is 28.3. The quantitative estimate of drug-likeness (QED) is 0.0939. The van der Waals surface area contributed by atoms with E-state index in [9.17, 15) is 14.4 Å². The number of thioether (sulfide) groups is 1. The van der Waals surface area contributed by atoms with Crippen molar-refractivity contribution in [2.24, 2.45) is 0 Å². The van der Waals surface area contributed by atoms with Crippen molar-refractivity contribution in [2.45, 2.75) is 17.1 Å². The molecule has 47 heavy (non-hydrogen) atoms. The molecule has 1 atom stereocenters. The molecular weight excluding hydrogens is 675 g/mol. The van der Waals surface area contributed by atoms with Crippen molar-refractivity contribution in [2.75, 3.05) is 17.7 Å². The highest BCUT2D eigenvalue weighted by Crippen LogP contribution is 2.33. The van der Waals surface area contributed by atoms with E-state index in [2.05, 4.69) is 20.9 Å². The summed E-state index contributed by atoms with van der Waals surface area (Å²) in [5.74, 6) is -0.454. The van der Waals surface area contributed by atoms with Gasteiger partial charge in [0.15, 0.2) is 5.13 Å². The molecule has 1 aromatic heterocycles. The Labute approximate surface area is 290 Å². The lowest BCUT2D eigenvalue weighted by Gasteiger charge is -2.13. The lowest BCUT2D eigenvalue weighted by molar-refractivity contribution is -0.115. The van der Waals surface area contributed by atoms with E-state index in [1.165, 1.54) is 23.1 Å². The number of amides is 3. The van der Waals surface area contributed by atoms with Crippen LogP contribution < -0.4 is 20.7 Å². The Bertz CT molecular complexity index is 1910. The fourth-order valence-electron chi connectivity index (χ4n) is 4.24. The molecule has 0 radical (unpaired) electrons. The van der Waals surface area contributed by atoms with Crippen LogP contribution in [0.3, 0.4) is 0 Å². The Morgan fingerprint density at radius 1 is 0.915 bits per heavy atom. The molecule has 0 fully saturated rings. The number of aromatic nitrogens is 1. The van der Waals surface area contributed by atoms with Crippen LogP contribution in [0.5, 0.6) is 5.75 Å². The number of benzene rings is 4. The normalized spacial score (nSPS) is 11.8. The molecule has 12 heteroatoms. The zero-order valence-electron chi connectivity index (χ0n) is 25.1. The maximum Gasteiger partial charge on any atom is 0.272 e. The number of halogens is 2. The fourth-order valence-corrected chi connectivity index (χ4v) is 6.33. The molecule has 0 aliphatic carbocycles. The predicted octanol–water partition coefficient (Wildman–Crippen LogP) is 8.65. The second kappa shape index (κ2) is 15.8. The summed E-state index contributed by atoms with van der Waals surface area (Å²) in [6.07, 6.45) is 1.59. The Morgan fingerprint density at radius 3 is 2.32 bits per heavy atom. The SMILES string of the molecule is COc1ccc(/C=C(\NC(=O)c2ccccc2)C(=O)Nc2ccc(SC(C)C(=O)Nc3nc(-c4ccc(Cl)cc4Cl)cs3)cc2)cc1. The molecule has 0 aliphatic heterocycles. The summed E-state index contributed by atoms with van der Waals surface area (Å²) in [7, 11) is 1.57. The molecule has 8 nitrogen and oxygen atoms in total. The van der Waals surface area contributed by atoms with E-state index in [4.69, 9.17) is 27.9 Å². The van der Waals surface area contributed by atoms with Crippen molar-refractivity contribution in [1.29, 1.82) is 0 Å². The molecule has 3 N–H and O–H groups in total. The first kappa shape index (κ1) is 33.7. The molecule has 0 aliphatic rings. The number of ether oxygens (including phenoxy) is 1. The fraction of sp³-hybridized carbons (Fsp3) is 0.0857. The first-order valence-corrected chi connectivity index (χ1v) is 16.7. The molecule has 1 unspecified atom stereocenters. The average Bonchev–Trinajstić information content (AvgIpc) is 3.53. The highest BCUT2D eigenvalue weighted by atomic mass is 35.5. The summed E-state index contributed by atoms with van der Waals surface area (Å²) in [6.45, 7) is 1.80. The predicted molar refractivity (Wildman–Crippen MR) is 191 cm³/mol. The first-order chi connectivity index (χ1) is 22.7. The van der Waals surface area contributed by atoms with E-state index in [-0.39, 0.29) is 11.6 Å². The van der Waals surface area contributed by atoms with Gasteiger partial charge in [-0.2, -0.15) is 0 Å². The smallest absolute Gasteiger partial charge is 0.272 e. The first-order valence-electron chi connectivity index (χ1n) is 14.2. The van der Waals surface area contributed by atoms with Gasteiger partial charge in [0.05, 0.1) is 23.1 Å². The number of hydrogen-bond acceptors (Lipinski definition) is 7. The molecule has 0 saturated heterocycles. The third-order valence-electron chi connectivity index (χ3n) is 6.69. The van der Waals surface area contributed by atoms with E-state index < -0.39 is 17.1 Å². The topological polar surface area (TPSA) is 109 Å². The third-order valence-corrected chi connectivity index (χ3v) is 9.11. The van der Waals surface area contributed by atoms with Gasteiger partial charge in [-0.15, -0.1) is 23.1 Å². The Kier molecular flexibility index (Phi) is 11.3. The van der Waals surface area contributed by atoms with E-state index in [1.807, 2.05) is 23.6 Å². The van der Waals surface area contributed by atoms with Crippen molar-refractivity contribution in [1.82, 2.24) is 10.3 Å². The molecule has 5 aromatic rings. The van der Waals surface area contributed by atoms with Crippen LogP contribution in [0.2, 0.25) is 10.0 Å². The number of carbonyl (C=O) groups is 3. The van der Waals surface area contributed by atoms with Gasteiger partial charge < -0.3 is 20.7 Å². The van der Waals surface area contributed by atoms with Crippen LogP contribution in [-0.4, -0.2) is 35.1 Å². The van der Waals surface area contributed by atoms with Crippen LogP contribution in [-0.2, 0) is 9.59 Å². The molecule has 0 spiro atoms. The van der Waals surface area contributed by atoms with Crippen molar-refractivity contribution < 1.29 is 19.1 Å². The standard InChI is InChI=1S/C35H28Cl2N4O4S2/c1-21(32(42)41-35-40-31(20-46-35)28-17-10-24(36)19-29(28)37)47-27-15-11-25(12-16-27)38-34(44)30(18-22-8-13-26(45-2)14-9-22)39-33(43)23-6-4-3-5-7-23/h3-21H,1-2H3,(H,38,44)(H,39,43)(H,40,41,42)/b30-18-. The zero-order chi connectivity index (χ0) is 33.3. The van der Waals surface area contributed by atoms with Crippen molar-refractivity contribution in [3.05, 3.63) is 129 Å². The second-order valence-electron chi connectivity index (χ2n) is 10.0. The highest BCUT2D eigenvalue weighted by molar-refractivity contribution is 8.00. The number of carbonyl (C=O) groups excluding carboxylic acids is 3. The van der Waals surface area contributed by atoms with Crippen LogP contribution in [0, 0.1) is 0 Å². The van der Waals surface area contributed by atoms with E-state index in [1.54, 1.807) is 99.0 Å². The summed E-state index contributed by atoms with van der Waals surface area (Å²) in [5.41, 5.74) is 3.07. The van der Waals surface area contributed by atoms with Crippen molar-refractivity contribution in [3.63, 3.8) is 0 Å². The van der Waals surface area contributed by atoms with Gasteiger partial charge in [0, 0.05) is 32.1 Å². The van der Waals surface area contributed by atoms with Gasteiger partial charge in [0.1, 0.15) is 11.4 Å². The monoisotopic (exact) mass is 702 g/mol. The molecule has 4 aromatic carbocycles. The molecule has 0 saturated carbocycles. The number of nitrogens with zero attached hydrogens (tertiary/aromatic N) is 1. The van der Waals surface area contributed by atoms with Gasteiger partial charge in [0.2, 0.25) is 5.91 Å². The van der Waals surface area contributed by atoms with Crippen LogP contribution in [0.25, 0.3) is 17.3 Å². The van der Waals surface area contributed by atoms with Crippen molar-refractivity contribution in [3.8, 4) is 17.0 Å². The van der Waals surface area contributed by atoms with E-state index in [0.717, 1.165) is 10.5 Å². The Morgan fingerprint density at radius 2 is 1.64 bits per heavy atom. The van der Waals surface area contributed by atoms with Crippen LogP contribution >= 0.6 is 46.3 Å². The highest BCUT2D eigenvalue weighted by Gasteiger charge is 2.18. The van der Waals surface area contributed by atoms with Crippen LogP contribution in [0.15, 0.2) is 113 Å². The number of nitrogens with one attached hydrogen (secondary N) is 3. The molecule has 5 rings (SSSR count). The second-order valence-corrected chi connectivity index (χ2v) is 13.2. The van der Waals surface area contributed by atoms with Gasteiger partial charge in [-0.1, -0.05) is 53.5 Å². The minimum atomic E-state index is -0.499.